The summed E-state index contributed by atoms with van der Waals surface area (Å²) in [7, 11) is 0. The van der Waals surface area contributed by atoms with Crippen LogP contribution in [-0.2, 0) is 0 Å². The van der Waals surface area contributed by atoms with Crippen LogP contribution in [0, 0.1) is 6.42 Å². The number of hydrogen-bond acceptors (Lipinski definition) is 0. The van der Waals surface area contributed by atoms with Crippen molar-refractivity contribution in [1.82, 2.24) is 0 Å². The minimum absolute atomic E-state index is 0.123. The molecular weight excluding hydrogens is 91.1 g/mol. The molecule has 0 aromatic heterocycles. The molecular formula is C6H6F. The Bertz CT molecular complexity index is 111. The maximum Gasteiger partial charge on any atom is 0.104 e. The first kappa shape index (κ1) is 4.57. The third-order valence-electron chi connectivity index (χ3n) is 0.840. The summed E-state index contributed by atoms with van der Waals surface area (Å²) in [5.41, 5.74) is 0. The van der Waals surface area contributed by atoms with Crippen molar-refractivity contribution in [2.75, 3.05) is 0 Å². The monoisotopic (exact) mass is 97.0 g/mol. The Morgan fingerprint density at radius 1 is 1.57 bits per heavy atom. The molecule has 0 spiro atoms. The molecule has 0 saturated carbocycles. The second-order valence-electron chi connectivity index (χ2n) is 1.42. The molecule has 0 N–H and O–H groups in total. The van der Waals surface area contributed by atoms with Gasteiger partial charge in [-0.3, -0.25) is 0 Å². The average Bonchev–Trinajstić information content (AvgIpc) is 1.69. The largest absolute Gasteiger partial charge is 0.211 e. The first-order valence-electron chi connectivity index (χ1n) is 2.25. The summed E-state index contributed by atoms with van der Waals surface area (Å²) in [6.07, 6.45) is 7.35. The van der Waals surface area contributed by atoms with Gasteiger partial charge in [0.05, 0.1) is 0 Å². The van der Waals surface area contributed by atoms with Crippen LogP contribution in [0.1, 0.15) is 6.42 Å². The summed E-state index contributed by atoms with van der Waals surface area (Å²) in [4.78, 5) is 0. The quantitative estimate of drug-likeness (QED) is 0.433. The maximum atomic E-state index is 11.9. The Balaban J connectivity index is 2.57. The van der Waals surface area contributed by atoms with Crippen molar-refractivity contribution in [3.63, 3.8) is 0 Å². The van der Waals surface area contributed by atoms with Gasteiger partial charge >= 0.3 is 0 Å². The second kappa shape index (κ2) is 1.92. The van der Waals surface area contributed by atoms with E-state index in [-0.39, 0.29) is 5.83 Å². The van der Waals surface area contributed by atoms with Crippen LogP contribution in [0.5, 0.6) is 0 Å². The van der Waals surface area contributed by atoms with Gasteiger partial charge in [-0.1, -0.05) is 12.2 Å². The number of allylic oxidation sites excluding steroid dienone is 4. The third-order valence-corrected chi connectivity index (χ3v) is 0.840. The average molecular weight is 97.1 g/mol. The fourth-order valence-corrected chi connectivity index (χ4v) is 0.487. The Labute approximate surface area is 42.3 Å². The summed E-state index contributed by atoms with van der Waals surface area (Å²) in [6, 6.07) is 0. The van der Waals surface area contributed by atoms with Crippen molar-refractivity contribution < 1.29 is 4.39 Å². The molecule has 1 aliphatic carbocycles. The molecule has 7 heavy (non-hydrogen) atoms. The molecule has 0 aromatic rings. The van der Waals surface area contributed by atoms with E-state index in [2.05, 4.69) is 0 Å². The van der Waals surface area contributed by atoms with E-state index < -0.39 is 0 Å². The Kier molecular flexibility index (Phi) is 1.25. The zero-order valence-corrected chi connectivity index (χ0v) is 3.89. The molecule has 0 bridgehead atoms. The van der Waals surface area contributed by atoms with Gasteiger partial charge < -0.3 is 0 Å². The van der Waals surface area contributed by atoms with Crippen LogP contribution in [0.4, 0.5) is 4.39 Å². The van der Waals surface area contributed by atoms with E-state index in [0.29, 0.717) is 0 Å². The van der Waals surface area contributed by atoms with Crippen molar-refractivity contribution >= 4 is 0 Å². The zero-order chi connectivity index (χ0) is 5.11. The molecule has 1 radical (unpaired) electrons. The molecule has 0 unspecified atom stereocenters. The van der Waals surface area contributed by atoms with E-state index in [1.165, 1.54) is 6.08 Å². The van der Waals surface area contributed by atoms with Crippen LogP contribution in [0.15, 0.2) is 24.1 Å². The lowest BCUT2D eigenvalue weighted by atomic mass is 10.2. The maximum absolute atomic E-state index is 11.9. The first-order chi connectivity index (χ1) is 3.39. The van der Waals surface area contributed by atoms with Crippen molar-refractivity contribution in [2.45, 2.75) is 6.42 Å². The summed E-state index contributed by atoms with van der Waals surface area (Å²) in [5.74, 6) is -0.123. The van der Waals surface area contributed by atoms with E-state index in [0.717, 1.165) is 6.42 Å². The van der Waals surface area contributed by atoms with Gasteiger partial charge in [0, 0.05) is 6.42 Å². The Hall–Kier alpha value is -0.590. The van der Waals surface area contributed by atoms with Crippen LogP contribution in [0.25, 0.3) is 0 Å². The summed E-state index contributed by atoms with van der Waals surface area (Å²) < 4.78 is 11.9. The summed E-state index contributed by atoms with van der Waals surface area (Å²) in [5, 5.41) is 0. The van der Waals surface area contributed by atoms with Gasteiger partial charge in [-0.2, -0.15) is 0 Å². The van der Waals surface area contributed by atoms with Gasteiger partial charge in [-0.05, 0) is 12.5 Å². The zero-order valence-electron chi connectivity index (χ0n) is 3.89. The molecule has 1 heteroatoms. The van der Waals surface area contributed by atoms with Crippen LogP contribution < -0.4 is 0 Å². The van der Waals surface area contributed by atoms with E-state index in [1.54, 1.807) is 12.5 Å². The van der Waals surface area contributed by atoms with Gasteiger partial charge in [0.2, 0.25) is 0 Å². The van der Waals surface area contributed by atoms with Crippen molar-refractivity contribution in [3.05, 3.63) is 30.5 Å². The SMILES string of the molecule is FC1=CC=CC[CH]1. The van der Waals surface area contributed by atoms with Gasteiger partial charge in [0.1, 0.15) is 5.83 Å². The lowest BCUT2D eigenvalue weighted by molar-refractivity contribution is 0.641. The molecule has 37 valence electrons. The van der Waals surface area contributed by atoms with Crippen LogP contribution >= 0.6 is 0 Å². The van der Waals surface area contributed by atoms with Crippen molar-refractivity contribution in [2.24, 2.45) is 0 Å². The van der Waals surface area contributed by atoms with Gasteiger partial charge in [0.25, 0.3) is 0 Å². The highest BCUT2D eigenvalue weighted by Crippen LogP contribution is 2.09. The standard InChI is InChI=1S/C6H6F/c7-6-4-2-1-3-5-6/h1-2,4-5H,3H2. The topological polar surface area (TPSA) is 0 Å². The van der Waals surface area contributed by atoms with E-state index in [4.69, 9.17) is 0 Å². The van der Waals surface area contributed by atoms with Gasteiger partial charge in [-0.25, -0.2) is 4.39 Å². The first-order valence-corrected chi connectivity index (χ1v) is 2.25. The highest BCUT2D eigenvalue weighted by atomic mass is 19.1. The second-order valence-corrected chi connectivity index (χ2v) is 1.42. The van der Waals surface area contributed by atoms with Crippen molar-refractivity contribution in [3.8, 4) is 0 Å². The lowest BCUT2D eigenvalue weighted by Gasteiger charge is -1.94. The molecule has 0 fully saturated rings. The smallest absolute Gasteiger partial charge is 0.104 e. The highest BCUT2D eigenvalue weighted by molar-refractivity contribution is 5.20. The van der Waals surface area contributed by atoms with Crippen LogP contribution in [0.3, 0.4) is 0 Å². The molecule has 0 saturated heterocycles. The Morgan fingerprint density at radius 3 is 2.71 bits per heavy atom. The van der Waals surface area contributed by atoms with E-state index in [1.807, 2.05) is 6.08 Å². The summed E-state index contributed by atoms with van der Waals surface area (Å²) in [6.45, 7) is 0. The molecule has 0 aliphatic heterocycles. The normalized spacial score (nSPS) is 19.3. The third kappa shape index (κ3) is 1.15. The van der Waals surface area contributed by atoms with E-state index >= 15 is 0 Å². The molecule has 0 atom stereocenters. The summed E-state index contributed by atoms with van der Waals surface area (Å²) >= 11 is 0. The number of rotatable bonds is 0. The number of hydrogen-bond donors (Lipinski definition) is 0. The van der Waals surface area contributed by atoms with Crippen LogP contribution in [0.2, 0.25) is 0 Å². The molecule has 1 aliphatic rings. The minimum Gasteiger partial charge on any atom is -0.211 e. The Morgan fingerprint density at radius 2 is 2.43 bits per heavy atom. The fraction of sp³-hybridized carbons (Fsp3) is 0.167. The van der Waals surface area contributed by atoms with Gasteiger partial charge in [0.15, 0.2) is 0 Å². The number of halogens is 1. The molecule has 0 amide bonds. The van der Waals surface area contributed by atoms with E-state index in [9.17, 15) is 4.39 Å². The highest BCUT2D eigenvalue weighted by Gasteiger charge is 1.93. The van der Waals surface area contributed by atoms with Crippen molar-refractivity contribution in [1.29, 1.82) is 0 Å². The fourth-order valence-electron chi connectivity index (χ4n) is 0.487. The predicted molar refractivity (Wildman–Crippen MR) is 27.2 cm³/mol. The van der Waals surface area contributed by atoms with Gasteiger partial charge in [-0.15, -0.1) is 0 Å². The molecule has 0 nitrogen and oxygen atoms in total. The molecule has 0 aromatic carbocycles. The predicted octanol–water partition coefficient (Wildman–Crippen LogP) is 2.00. The molecule has 0 heterocycles. The minimum atomic E-state index is -0.123. The lowest BCUT2D eigenvalue weighted by Crippen LogP contribution is -1.78. The van der Waals surface area contributed by atoms with Crippen LogP contribution in [-0.4, -0.2) is 0 Å². The molecule has 1 rings (SSSR count).